The van der Waals surface area contributed by atoms with E-state index in [4.69, 9.17) is 0 Å². The van der Waals surface area contributed by atoms with Gasteiger partial charge in [0.25, 0.3) is 0 Å². The summed E-state index contributed by atoms with van der Waals surface area (Å²) < 4.78 is 0.854. The van der Waals surface area contributed by atoms with Crippen LogP contribution in [-0.4, -0.2) is 0 Å². The Balaban J connectivity index is 0. The van der Waals surface area contributed by atoms with Crippen LogP contribution >= 0.6 is 47.8 Å². The molecule has 5 heavy (non-hydrogen) atoms. The molecule has 0 atom stereocenters. The van der Waals surface area contributed by atoms with Gasteiger partial charge in [0, 0.05) is 26.2 Å². The number of halogens is 3. The molecule has 0 radical (unpaired) electrons. The van der Waals surface area contributed by atoms with Crippen LogP contribution in [0.5, 0.6) is 0 Å². The number of hydrogen-bond donors (Lipinski definition) is 0. The largest absolute Gasteiger partial charge is 0.292 e. The molecule has 0 aromatic heterocycles. The van der Waals surface area contributed by atoms with Crippen molar-refractivity contribution in [1.29, 1.82) is 0 Å². The van der Waals surface area contributed by atoms with Gasteiger partial charge in [0.05, 0.1) is 0 Å². The Bertz CT molecular complexity index is 11.6. The Kier molecular flexibility index (Phi) is 13.1. The van der Waals surface area contributed by atoms with Gasteiger partial charge in [-0.2, -0.15) is 0 Å². The van der Waals surface area contributed by atoms with Gasteiger partial charge in [-0.05, 0) is 0 Å². The minimum absolute atomic E-state index is 0. The van der Waals surface area contributed by atoms with E-state index >= 15 is 0 Å². The van der Waals surface area contributed by atoms with Gasteiger partial charge in [0.15, 0.2) is 0 Å². The van der Waals surface area contributed by atoms with Crippen LogP contribution in [-0.2, 0) is 26.2 Å². The van der Waals surface area contributed by atoms with Gasteiger partial charge in [-0.3, -0.25) is 47.8 Å². The Morgan fingerprint density at radius 2 is 1.00 bits per heavy atom. The Labute approximate surface area is 75.6 Å². The van der Waals surface area contributed by atoms with E-state index in [0.29, 0.717) is 0 Å². The van der Waals surface area contributed by atoms with Crippen LogP contribution < -0.4 is 0 Å². The Morgan fingerprint density at radius 3 is 1.00 bits per heavy atom. The zero-order valence-corrected chi connectivity index (χ0v) is 9.35. The number of hydrogen-bond acceptors (Lipinski definition) is 0. The average Bonchev–Trinajstić information content (AvgIpc) is 0.811. The van der Waals surface area contributed by atoms with Crippen molar-refractivity contribution in [2.24, 2.45) is 0 Å². The van der Waals surface area contributed by atoms with Crippen molar-refractivity contribution in [1.82, 2.24) is 0 Å². The zero-order valence-electron chi connectivity index (χ0n) is 2.13. The second-order valence-electron chi connectivity index (χ2n) is 0.214. The van der Waals surface area contributed by atoms with E-state index in [9.17, 15) is 0 Å². The summed E-state index contributed by atoms with van der Waals surface area (Å²) >= 11 is 9.06. The molecule has 0 N–H and O–H groups in total. The molecule has 0 aliphatic heterocycles. The predicted octanol–water partition coefficient (Wildman–Crippen LogP) is 2.62. The molecule has 0 fully saturated rings. The van der Waals surface area contributed by atoms with Crippen LogP contribution in [0.3, 0.4) is 0 Å². The minimum Gasteiger partial charge on any atom is -0.292 e. The van der Waals surface area contributed by atoms with Crippen molar-refractivity contribution in [2.45, 2.75) is 0 Å². The minimum atomic E-state index is 0. The summed E-state index contributed by atoms with van der Waals surface area (Å²) in [5.74, 6) is 0. The maximum atomic E-state index is 3.02. The number of rotatable bonds is 0. The molecule has 0 aliphatic rings. The summed E-state index contributed by atoms with van der Waals surface area (Å²) in [5, 5.41) is 0. The summed E-state index contributed by atoms with van der Waals surface area (Å²) in [6.45, 7) is 0. The monoisotopic (exact) mass is 339 g/mol. The van der Waals surface area contributed by atoms with Crippen LogP contribution in [0.2, 0.25) is 0 Å². The average molecular weight is 343 g/mol. The van der Waals surface area contributed by atoms with Crippen molar-refractivity contribution in [3.8, 4) is 0 Å². The van der Waals surface area contributed by atoms with Crippen molar-refractivity contribution in [3.05, 3.63) is 2.65 Å². The van der Waals surface area contributed by atoms with E-state index in [1.807, 2.05) is 0 Å². The first-order valence-corrected chi connectivity index (χ1v) is 2.95. The fraction of sp³-hybridized carbons (Fsp3) is 0. The molecule has 0 unspecified atom stereocenters. The van der Waals surface area contributed by atoms with Crippen molar-refractivity contribution in [2.75, 3.05) is 0 Å². The third-order valence-electron chi connectivity index (χ3n) is 0. The van der Waals surface area contributed by atoms with Crippen LogP contribution in [0.15, 0.2) is 0 Å². The Hall–Kier alpha value is 2.32. The molecular formula is CBr3Zr-. The third kappa shape index (κ3) is 21.9. The van der Waals surface area contributed by atoms with Crippen molar-refractivity contribution >= 4 is 47.8 Å². The van der Waals surface area contributed by atoms with E-state index in [1.165, 1.54) is 0 Å². The molecule has 0 amide bonds. The molecule has 0 aromatic carbocycles. The molecule has 0 saturated heterocycles. The zero-order chi connectivity index (χ0) is 3.58. The first kappa shape index (κ1) is 10.3. The maximum absolute atomic E-state index is 3.02. The fourth-order valence-corrected chi connectivity index (χ4v) is 0. The van der Waals surface area contributed by atoms with E-state index in [0.717, 1.165) is 2.65 Å². The molecule has 0 bridgehead atoms. The normalized spacial score (nSPS) is 7.20. The summed E-state index contributed by atoms with van der Waals surface area (Å²) in [6.07, 6.45) is 0. The molecule has 0 rings (SSSR count). The molecule has 0 nitrogen and oxygen atoms in total. The van der Waals surface area contributed by atoms with Crippen molar-refractivity contribution < 1.29 is 26.2 Å². The van der Waals surface area contributed by atoms with Gasteiger partial charge in [0.1, 0.15) is 0 Å². The van der Waals surface area contributed by atoms with E-state index in [-0.39, 0.29) is 26.2 Å². The summed E-state index contributed by atoms with van der Waals surface area (Å²) in [6, 6.07) is 0. The molecule has 0 heterocycles. The molecule has 0 aromatic rings. The molecule has 0 aliphatic carbocycles. The first-order valence-electron chi connectivity index (χ1n) is 0.567. The second-order valence-corrected chi connectivity index (χ2v) is 5.79. The molecule has 4 heteroatoms. The predicted molar refractivity (Wildman–Crippen MR) is 30.0 cm³/mol. The summed E-state index contributed by atoms with van der Waals surface area (Å²) in [5.41, 5.74) is 0. The molecule has 30 valence electrons. The smallest absolute Gasteiger partial charge is 0 e. The SMILES string of the molecule is Br[C-](Br)Br.[Zr]. The summed E-state index contributed by atoms with van der Waals surface area (Å²) in [4.78, 5) is 0. The first-order chi connectivity index (χ1) is 1.73. The maximum Gasteiger partial charge on any atom is 0 e. The van der Waals surface area contributed by atoms with E-state index < -0.39 is 0 Å². The van der Waals surface area contributed by atoms with E-state index in [2.05, 4.69) is 47.8 Å². The van der Waals surface area contributed by atoms with Crippen LogP contribution in [0.4, 0.5) is 0 Å². The second kappa shape index (κ2) is 6.32. The van der Waals surface area contributed by atoms with E-state index in [1.54, 1.807) is 0 Å². The van der Waals surface area contributed by atoms with Gasteiger partial charge in [0.2, 0.25) is 0 Å². The molecule has 0 saturated carbocycles. The quantitative estimate of drug-likeness (QED) is 0.594. The topological polar surface area (TPSA) is 0 Å². The van der Waals surface area contributed by atoms with Crippen molar-refractivity contribution in [3.63, 3.8) is 0 Å². The Morgan fingerprint density at radius 1 is 1.00 bits per heavy atom. The van der Waals surface area contributed by atoms with Crippen LogP contribution in [0, 0.1) is 2.65 Å². The summed E-state index contributed by atoms with van der Waals surface area (Å²) in [7, 11) is 0. The fourth-order valence-electron chi connectivity index (χ4n) is 0. The van der Waals surface area contributed by atoms with Crippen LogP contribution in [0.1, 0.15) is 0 Å². The van der Waals surface area contributed by atoms with Gasteiger partial charge < -0.3 is 0 Å². The van der Waals surface area contributed by atoms with Gasteiger partial charge in [-0.15, -0.1) is 2.65 Å². The van der Waals surface area contributed by atoms with Crippen LogP contribution in [0.25, 0.3) is 0 Å². The third-order valence-corrected chi connectivity index (χ3v) is 0. The molecule has 0 spiro atoms. The molecular weight excluding hydrogens is 343 g/mol. The van der Waals surface area contributed by atoms with Gasteiger partial charge in [-0.1, -0.05) is 0 Å². The standard InChI is InChI=1S/CBr3.Zr/c2-1(3)4;/q-1;. The van der Waals surface area contributed by atoms with Gasteiger partial charge >= 0.3 is 0 Å². The van der Waals surface area contributed by atoms with Gasteiger partial charge in [-0.25, -0.2) is 0 Å².